The predicted molar refractivity (Wildman–Crippen MR) is 113 cm³/mol. The van der Waals surface area contributed by atoms with E-state index in [1.807, 2.05) is 24.3 Å². The third kappa shape index (κ3) is 2.55. The highest BCUT2D eigenvalue weighted by atomic mass is 14.5. The van der Waals surface area contributed by atoms with Gasteiger partial charge in [0, 0.05) is 0 Å². The molecule has 0 unspecified atom stereocenters. The van der Waals surface area contributed by atoms with Crippen LogP contribution in [0.25, 0.3) is 0 Å². The van der Waals surface area contributed by atoms with E-state index in [0.717, 1.165) is 5.57 Å². The van der Waals surface area contributed by atoms with Gasteiger partial charge in [0.2, 0.25) is 0 Å². The lowest BCUT2D eigenvalue weighted by Crippen LogP contribution is -2.30. The van der Waals surface area contributed by atoms with Gasteiger partial charge >= 0.3 is 0 Å². The van der Waals surface area contributed by atoms with Crippen molar-refractivity contribution in [2.24, 2.45) is 0 Å². The lowest BCUT2D eigenvalue weighted by Gasteiger charge is -2.35. The highest BCUT2D eigenvalue weighted by molar-refractivity contribution is 5.74. The number of allylic oxidation sites excluding steroid dienone is 9. The van der Waals surface area contributed by atoms with Crippen LogP contribution in [0.4, 0.5) is 0 Å². The Morgan fingerprint density at radius 3 is 1.69 bits per heavy atom. The van der Waals surface area contributed by atoms with E-state index < -0.39 is 5.41 Å². The molecule has 0 heteroatoms. The normalized spacial score (nSPS) is 16.2. The summed E-state index contributed by atoms with van der Waals surface area (Å²) in [5.41, 5.74) is 6.82. The first kappa shape index (κ1) is 17.7. The zero-order chi connectivity index (χ0) is 18.6. The van der Waals surface area contributed by atoms with E-state index in [2.05, 4.69) is 93.4 Å². The second kappa shape index (κ2) is 7.41. The summed E-state index contributed by atoms with van der Waals surface area (Å²) < 4.78 is 0. The van der Waals surface area contributed by atoms with E-state index in [9.17, 15) is 0 Å². The topological polar surface area (TPSA) is 0 Å². The van der Waals surface area contributed by atoms with Gasteiger partial charge in [0.05, 0.1) is 5.41 Å². The summed E-state index contributed by atoms with van der Waals surface area (Å²) in [6.07, 6.45) is 9.92. The molecule has 3 rings (SSSR count). The first-order chi connectivity index (χ1) is 12.7. The number of hydrogen-bond donors (Lipinski definition) is 0. The molecule has 26 heavy (non-hydrogen) atoms. The van der Waals surface area contributed by atoms with Gasteiger partial charge in [0.15, 0.2) is 0 Å². The lowest BCUT2D eigenvalue weighted by molar-refractivity contribution is 0.754. The van der Waals surface area contributed by atoms with Crippen molar-refractivity contribution >= 4 is 0 Å². The van der Waals surface area contributed by atoms with Crippen LogP contribution in [0.3, 0.4) is 0 Å². The largest absolute Gasteiger partial charge is 0.0991 e. The standard InChI is InChI=1S/C26H24/c1-5-8-19-25-20(4)23(6-2)24(7-3)26(25,21-15-11-9-12-16-21)22-17-13-10-14-18-22/h5-19H,1-3H2,4H3/b19-8-. The van der Waals surface area contributed by atoms with Crippen LogP contribution in [0.2, 0.25) is 0 Å². The molecule has 0 fully saturated rings. The molecule has 2 aromatic carbocycles. The summed E-state index contributed by atoms with van der Waals surface area (Å²) in [4.78, 5) is 0. The minimum atomic E-state index is -0.405. The molecular formula is C26H24. The molecular weight excluding hydrogens is 312 g/mol. The van der Waals surface area contributed by atoms with Gasteiger partial charge in [-0.05, 0) is 40.3 Å². The molecule has 128 valence electrons. The fourth-order valence-corrected chi connectivity index (χ4v) is 4.08. The van der Waals surface area contributed by atoms with Crippen LogP contribution < -0.4 is 0 Å². The molecule has 0 saturated heterocycles. The zero-order valence-corrected chi connectivity index (χ0v) is 15.3. The van der Waals surface area contributed by atoms with Crippen molar-refractivity contribution in [1.29, 1.82) is 0 Å². The van der Waals surface area contributed by atoms with Gasteiger partial charge in [-0.1, -0.05) is 111 Å². The number of benzene rings is 2. The molecule has 1 aliphatic carbocycles. The monoisotopic (exact) mass is 336 g/mol. The molecule has 0 aliphatic heterocycles. The molecule has 0 bridgehead atoms. The molecule has 0 radical (unpaired) electrons. The average Bonchev–Trinajstić information content (AvgIpc) is 2.95. The maximum atomic E-state index is 4.16. The van der Waals surface area contributed by atoms with Crippen molar-refractivity contribution < 1.29 is 0 Å². The van der Waals surface area contributed by atoms with Gasteiger partial charge in [0.25, 0.3) is 0 Å². The summed E-state index contributed by atoms with van der Waals surface area (Å²) in [6.45, 7) is 14.3. The average molecular weight is 336 g/mol. The molecule has 0 heterocycles. The Kier molecular flexibility index (Phi) is 5.04. The third-order valence-electron chi connectivity index (χ3n) is 5.13. The van der Waals surface area contributed by atoms with E-state index in [1.54, 1.807) is 0 Å². The molecule has 0 nitrogen and oxygen atoms in total. The number of hydrogen-bond acceptors (Lipinski definition) is 0. The van der Waals surface area contributed by atoms with Crippen LogP contribution in [-0.2, 0) is 5.41 Å². The lowest BCUT2D eigenvalue weighted by atomic mass is 9.66. The second-order valence-electron chi connectivity index (χ2n) is 6.35. The SMILES string of the molecule is C=C/C=C\C1=C(C)C(C=C)=C(C=C)C1(c1ccccc1)c1ccccc1. The fourth-order valence-electron chi connectivity index (χ4n) is 4.08. The van der Waals surface area contributed by atoms with Crippen molar-refractivity contribution in [3.05, 3.63) is 144 Å². The summed E-state index contributed by atoms with van der Waals surface area (Å²) in [5, 5.41) is 0. The molecule has 2 aromatic rings. The van der Waals surface area contributed by atoms with E-state index >= 15 is 0 Å². The highest BCUT2D eigenvalue weighted by Crippen LogP contribution is 2.54. The Morgan fingerprint density at radius 2 is 1.27 bits per heavy atom. The Balaban J connectivity index is 2.49. The molecule has 0 aromatic heterocycles. The van der Waals surface area contributed by atoms with Crippen molar-refractivity contribution in [1.82, 2.24) is 0 Å². The van der Waals surface area contributed by atoms with Crippen LogP contribution in [0.1, 0.15) is 18.1 Å². The quantitative estimate of drug-likeness (QED) is 0.514. The van der Waals surface area contributed by atoms with Crippen LogP contribution in [0.5, 0.6) is 0 Å². The highest BCUT2D eigenvalue weighted by Gasteiger charge is 2.45. The van der Waals surface area contributed by atoms with E-state index in [0.29, 0.717) is 0 Å². The molecule has 0 spiro atoms. The van der Waals surface area contributed by atoms with Crippen LogP contribution in [0, 0.1) is 0 Å². The minimum absolute atomic E-state index is 0.405. The summed E-state index contributed by atoms with van der Waals surface area (Å²) >= 11 is 0. The molecule has 0 atom stereocenters. The Morgan fingerprint density at radius 1 is 0.731 bits per heavy atom. The first-order valence-corrected chi connectivity index (χ1v) is 8.83. The maximum absolute atomic E-state index is 4.16. The van der Waals surface area contributed by atoms with Crippen molar-refractivity contribution in [2.45, 2.75) is 12.3 Å². The van der Waals surface area contributed by atoms with Gasteiger partial charge < -0.3 is 0 Å². The van der Waals surface area contributed by atoms with Crippen molar-refractivity contribution in [2.75, 3.05) is 0 Å². The van der Waals surface area contributed by atoms with E-state index in [1.165, 1.54) is 27.8 Å². The molecule has 0 N–H and O–H groups in total. The van der Waals surface area contributed by atoms with Gasteiger partial charge in [-0.25, -0.2) is 0 Å². The van der Waals surface area contributed by atoms with Crippen molar-refractivity contribution in [3.63, 3.8) is 0 Å². The minimum Gasteiger partial charge on any atom is -0.0991 e. The molecule has 0 saturated carbocycles. The zero-order valence-electron chi connectivity index (χ0n) is 15.3. The van der Waals surface area contributed by atoms with Crippen LogP contribution >= 0.6 is 0 Å². The predicted octanol–water partition coefficient (Wildman–Crippen LogP) is 6.71. The van der Waals surface area contributed by atoms with Crippen LogP contribution in [-0.4, -0.2) is 0 Å². The maximum Gasteiger partial charge on any atom is 0.0710 e. The Hall–Kier alpha value is -3.12. The first-order valence-electron chi connectivity index (χ1n) is 8.83. The molecule has 0 amide bonds. The Labute approximate surface area is 156 Å². The van der Waals surface area contributed by atoms with Crippen LogP contribution in [0.15, 0.2) is 133 Å². The molecule has 1 aliphatic rings. The summed E-state index contributed by atoms with van der Waals surface area (Å²) in [6, 6.07) is 21.3. The van der Waals surface area contributed by atoms with Gasteiger partial charge in [-0.15, -0.1) is 0 Å². The second-order valence-corrected chi connectivity index (χ2v) is 6.35. The van der Waals surface area contributed by atoms with E-state index in [-0.39, 0.29) is 0 Å². The van der Waals surface area contributed by atoms with Gasteiger partial charge in [0.1, 0.15) is 0 Å². The third-order valence-corrected chi connectivity index (χ3v) is 5.13. The van der Waals surface area contributed by atoms with Gasteiger partial charge in [-0.2, -0.15) is 0 Å². The summed E-state index contributed by atoms with van der Waals surface area (Å²) in [5.74, 6) is 0. The van der Waals surface area contributed by atoms with Gasteiger partial charge in [-0.3, -0.25) is 0 Å². The Bertz CT molecular complexity index is 879. The number of rotatable bonds is 6. The van der Waals surface area contributed by atoms with Crippen molar-refractivity contribution in [3.8, 4) is 0 Å². The fraction of sp³-hybridized carbons (Fsp3) is 0.0769. The van der Waals surface area contributed by atoms with E-state index in [4.69, 9.17) is 0 Å². The summed E-state index contributed by atoms with van der Waals surface area (Å²) in [7, 11) is 0. The smallest absolute Gasteiger partial charge is 0.0710 e.